The average molecular weight is 241 g/mol. The molecule has 1 unspecified atom stereocenters. The molecule has 2 rings (SSSR count). The first-order valence-corrected chi connectivity index (χ1v) is 7.32. The van der Waals surface area contributed by atoms with Crippen LogP contribution in [0.3, 0.4) is 0 Å². The summed E-state index contributed by atoms with van der Waals surface area (Å²) < 4.78 is 0. The number of amidine groups is 1. The Morgan fingerprint density at radius 3 is 3.00 bits per heavy atom. The summed E-state index contributed by atoms with van der Waals surface area (Å²) >= 11 is 1.93. The molecule has 1 saturated carbocycles. The third-order valence-electron chi connectivity index (χ3n) is 3.24. The van der Waals surface area contributed by atoms with Crippen molar-refractivity contribution >= 4 is 16.9 Å². The highest BCUT2D eigenvalue weighted by Gasteiger charge is 2.25. The van der Waals surface area contributed by atoms with E-state index in [0.29, 0.717) is 0 Å². The van der Waals surface area contributed by atoms with Crippen LogP contribution < -0.4 is 5.32 Å². The fraction of sp³-hybridized carbons (Fsp3) is 0.917. The maximum atomic E-state index is 4.54. The van der Waals surface area contributed by atoms with Gasteiger partial charge in [-0.15, -0.1) is 0 Å². The molecule has 0 amide bonds. The first kappa shape index (κ1) is 12.2. The van der Waals surface area contributed by atoms with Crippen molar-refractivity contribution in [3.05, 3.63) is 0 Å². The van der Waals surface area contributed by atoms with Gasteiger partial charge >= 0.3 is 0 Å². The summed E-state index contributed by atoms with van der Waals surface area (Å²) in [4.78, 5) is 7.00. The van der Waals surface area contributed by atoms with Crippen molar-refractivity contribution in [3.63, 3.8) is 0 Å². The smallest absolute Gasteiger partial charge is 0.156 e. The lowest BCUT2D eigenvalue weighted by molar-refractivity contribution is 0.329. The van der Waals surface area contributed by atoms with Gasteiger partial charge in [-0.2, -0.15) is 0 Å². The molecule has 1 aliphatic heterocycles. The minimum atomic E-state index is 0.730. The Morgan fingerprint density at radius 1 is 1.50 bits per heavy atom. The van der Waals surface area contributed by atoms with Gasteiger partial charge in [0.2, 0.25) is 0 Å². The van der Waals surface area contributed by atoms with Gasteiger partial charge in [0, 0.05) is 24.4 Å². The third-order valence-corrected chi connectivity index (χ3v) is 4.45. The molecule has 0 spiro atoms. The van der Waals surface area contributed by atoms with Gasteiger partial charge in [0.1, 0.15) is 0 Å². The van der Waals surface area contributed by atoms with E-state index in [2.05, 4.69) is 29.2 Å². The number of hydrogen-bond donors (Lipinski definition) is 1. The van der Waals surface area contributed by atoms with Crippen molar-refractivity contribution < 1.29 is 0 Å². The zero-order valence-electron chi connectivity index (χ0n) is 10.4. The highest BCUT2D eigenvalue weighted by molar-refractivity contribution is 8.14. The molecule has 92 valence electrons. The summed E-state index contributed by atoms with van der Waals surface area (Å²) in [5, 5.41) is 5.35. The highest BCUT2D eigenvalue weighted by Crippen LogP contribution is 2.25. The van der Waals surface area contributed by atoms with Gasteiger partial charge in [-0.25, -0.2) is 0 Å². The topological polar surface area (TPSA) is 27.6 Å². The van der Waals surface area contributed by atoms with Crippen molar-refractivity contribution in [2.45, 2.75) is 43.9 Å². The van der Waals surface area contributed by atoms with Gasteiger partial charge in [0.05, 0.1) is 6.54 Å². The SMILES string of the molecule is CCCC1CN=C(NCCN(C)C2CC2)S1. The van der Waals surface area contributed by atoms with Crippen LogP contribution in [0.1, 0.15) is 32.6 Å². The third kappa shape index (κ3) is 3.67. The Hall–Kier alpha value is -0.220. The largest absolute Gasteiger partial charge is 0.364 e. The van der Waals surface area contributed by atoms with Crippen molar-refractivity contribution in [1.82, 2.24) is 10.2 Å². The fourth-order valence-electron chi connectivity index (χ4n) is 2.02. The van der Waals surface area contributed by atoms with Gasteiger partial charge in [-0.05, 0) is 26.3 Å². The van der Waals surface area contributed by atoms with Crippen molar-refractivity contribution in [1.29, 1.82) is 0 Å². The monoisotopic (exact) mass is 241 g/mol. The van der Waals surface area contributed by atoms with Crippen molar-refractivity contribution in [2.24, 2.45) is 4.99 Å². The minimum Gasteiger partial charge on any atom is -0.364 e. The summed E-state index contributed by atoms with van der Waals surface area (Å²) in [5.41, 5.74) is 0. The predicted molar refractivity (Wildman–Crippen MR) is 72.2 cm³/mol. The lowest BCUT2D eigenvalue weighted by atomic mass is 10.2. The maximum Gasteiger partial charge on any atom is 0.156 e. The van der Waals surface area contributed by atoms with Gasteiger partial charge in [0.25, 0.3) is 0 Å². The standard InChI is InChI=1S/C12H23N3S/c1-3-4-11-9-14-12(16-11)13-7-8-15(2)10-5-6-10/h10-11H,3-9H2,1-2H3,(H,13,14). The van der Waals surface area contributed by atoms with E-state index in [1.165, 1.54) is 30.9 Å². The first-order valence-electron chi connectivity index (χ1n) is 6.44. The summed E-state index contributed by atoms with van der Waals surface area (Å²) in [6.07, 6.45) is 5.35. The van der Waals surface area contributed by atoms with E-state index in [1.54, 1.807) is 0 Å². The second kappa shape index (κ2) is 5.92. The second-order valence-corrected chi connectivity index (χ2v) is 6.10. The van der Waals surface area contributed by atoms with Crippen molar-refractivity contribution in [3.8, 4) is 0 Å². The quantitative estimate of drug-likeness (QED) is 0.770. The zero-order chi connectivity index (χ0) is 11.4. The Labute approximate surface area is 103 Å². The van der Waals surface area contributed by atoms with E-state index in [0.717, 1.165) is 30.9 Å². The van der Waals surface area contributed by atoms with Crippen LogP contribution in [0, 0.1) is 0 Å². The lowest BCUT2D eigenvalue weighted by Crippen LogP contribution is -2.32. The molecule has 0 bridgehead atoms. The minimum absolute atomic E-state index is 0.730. The normalized spacial score (nSPS) is 24.9. The number of thioether (sulfide) groups is 1. The molecule has 1 atom stereocenters. The van der Waals surface area contributed by atoms with Crippen LogP contribution in [0.5, 0.6) is 0 Å². The Morgan fingerprint density at radius 2 is 2.31 bits per heavy atom. The molecule has 2 aliphatic rings. The van der Waals surface area contributed by atoms with Crippen LogP contribution in [0.4, 0.5) is 0 Å². The molecule has 4 heteroatoms. The van der Waals surface area contributed by atoms with Gasteiger partial charge in [0.15, 0.2) is 5.17 Å². The van der Waals surface area contributed by atoms with E-state index < -0.39 is 0 Å². The zero-order valence-corrected chi connectivity index (χ0v) is 11.2. The van der Waals surface area contributed by atoms with Gasteiger partial charge in [-0.1, -0.05) is 25.1 Å². The number of aliphatic imine (C=N–C) groups is 1. The molecular formula is C12H23N3S. The van der Waals surface area contributed by atoms with Gasteiger partial charge < -0.3 is 10.2 Å². The predicted octanol–water partition coefficient (Wildman–Crippen LogP) is 1.94. The molecule has 1 N–H and O–H groups in total. The van der Waals surface area contributed by atoms with Crippen LogP contribution in [0.2, 0.25) is 0 Å². The summed E-state index contributed by atoms with van der Waals surface area (Å²) in [6, 6.07) is 0.868. The molecule has 1 heterocycles. The number of likely N-dealkylation sites (N-methyl/N-ethyl adjacent to an activating group) is 1. The fourth-order valence-corrected chi connectivity index (χ4v) is 3.18. The molecule has 0 aromatic heterocycles. The molecule has 0 radical (unpaired) electrons. The highest BCUT2D eigenvalue weighted by atomic mass is 32.2. The van der Waals surface area contributed by atoms with E-state index in [1.807, 2.05) is 11.8 Å². The number of hydrogen-bond acceptors (Lipinski definition) is 4. The van der Waals surface area contributed by atoms with Crippen LogP contribution in [0.15, 0.2) is 4.99 Å². The lowest BCUT2D eigenvalue weighted by Gasteiger charge is -2.16. The number of nitrogens with zero attached hydrogens (tertiary/aromatic N) is 2. The molecular weight excluding hydrogens is 218 g/mol. The van der Waals surface area contributed by atoms with E-state index in [4.69, 9.17) is 0 Å². The Bertz CT molecular complexity index is 251. The second-order valence-electron chi connectivity index (χ2n) is 4.81. The molecule has 1 fully saturated rings. The van der Waals surface area contributed by atoms with Crippen LogP contribution >= 0.6 is 11.8 Å². The van der Waals surface area contributed by atoms with E-state index in [9.17, 15) is 0 Å². The molecule has 16 heavy (non-hydrogen) atoms. The first-order chi connectivity index (χ1) is 7.79. The summed E-state index contributed by atoms with van der Waals surface area (Å²) in [5.74, 6) is 0. The Kier molecular flexibility index (Phi) is 4.53. The maximum absolute atomic E-state index is 4.54. The van der Waals surface area contributed by atoms with Crippen LogP contribution in [-0.4, -0.2) is 48.0 Å². The average Bonchev–Trinajstić information content (AvgIpc) is 3.02. The molecule has 0 aromatic carbocycles. The molecule has 0 saturated heterocycles. The van der Waals surface area contributed by atoms with E-state index >= 15 is 0 Å². The van der Waals surface area contributed by atoms with Crippen LogP contribution in [0.25, 0.3) is 0 Å². The summed E-state index contributed by atoms with van der Waals surface area (Å²) in [6.45, 7) is 5.44. The molecule has 3 nitrogen and oxygen atoms in total. The Balaban J connectivity index is 1.56. The van der Waals surface area contributed by atoms with E-state index in [-0.39, 0.29) is 0 Å². The van der Waals surface area contributed by atoms with Crippen LogP contribution in [-0.2, 0) is 0 Å². The number of nitrogens with one attached hydrogen (secondary N) is 1. The van der Waals surface area contributed by atoms with Crippen molar-refractivity contribution in [2.75, 3.05) is 26.7 Å². The van der Waals surface area contributed by atoms with Gasteiger partial charge in [-0.3, -0.25) is 4.99 Å². The number of rotatable bonds is 6. The molecule has 0 aromatic rings. The molecule has 1 aliphatic carbocycles. The summed E-state index contributed by atoms with van der Waals surface area (Å²) in [7, 11) is 2.23.